The summed E-state index contributed by atoms with van der Waals surface area (Å²) in [5.74, 6) is 0.936. The number of pyridine rings is 1. The highest BCUT2D eigenvalue weighted by Gasteiger charge is 2.18. The first-order valence-corrected chi connectivity index (χ1v) is 10.5. The molecule has 0 aliphatic heterocycles. The van der Waals surface area contributed by atoms with E-state index in [2.05, 4.69) is 6.07 Å². The number of ether oxygens (including phenoxy) is 2. The van der Waals surface area contributed by atoms with Crippen LogP contribution < -0.4 is 14.9 Å². The normalized spacial score (nSPS) is 10.8. The van der Waals surface area contributed by atoms with Crippen LogP contribution in [-0.4, -0.2) is 24.1 Å². The van der Waals surface area contributed by atoms with Crippen molar-refractivity contribution in [1.82, 2.24) is 4.57 Å². The summed E-state index contributed by atoms with van der Waals surface area (Å²) in [4.78, 5) is 26.7. The van der Waals surface area contributed by atoms with E-state index in [1.165, 1.54) is 0 Å². The number of fused-ring (bicyclic) bond motifs is 1. The third-order valence-electron chi connectivity index (χ3n) is 5.39. The molecular weight excluding hydrogens is 402 g/mol. The van der Waals surface area contributed by atoms with Gasteiger partial charge in [0.25, 0.3) is 0 Å². The van der Waals surface area contributed by atoms with Crippen LogP contribution in [0.2, 0.25) is 0 Å². The van der Waals surface area contributed by atoms with Crippen molar-refractivity contribution in [3.63, 3.8) is 0 Å². The number of carbonyl (C=O) groups is 1. The molecular formula is C27H25NO4. The highest BCUT2D eigenvalue weighted by Crippen LogP contribution is 2.22. The van der Waals surface area contributed by atoms with Crippen LogP contribution in [0.1, 0.15) is 34.0 Å². The summed E-state index contributed by atoms with van der Waals surface area (Å²) in [6.07, 6.45) is 1.67. The zero-order valence-electron chi connectivity index (χ0n) is 18.4. The highest BCUT2D eigenvalue weighted by atomic mass is 16.5. The van der Waals surface area contributed by atoms with Crippen molar-refractivity contribution in [1.29, 1.82) is 0 Å². The summed E-state index contributed by atoms with van der Waals surface area (Å²) in [7, 11) is 1.57. The summed E-state index contributed by atoms with van der Waals surface area (Å²) >= 11 is 0. The third-order valence-corrected chi connectivity index (χ3v) is 5.39. The maximum atomic E-state index is 13.4. The van der Waals surface area contributed by atoms with Crippen LogP contribution in [-0.2, 0) is 6.54 Å². The molecule has 4 aromatic rings. The second-order valence-corrected chi connectivity index (χ2v) is 7.66. The van der Waals surface area contributed by atoms with Crippen molar-refractivity contribution in [2.24, 2.45) is 0 Å². The lowest BCUT2D eigenvalue weighted by atomic mass is 10.0. The lowest BCUT2D eigenvalue weighted by Gasteiger charge is -2.15. The van der Waals surface area contributed by atoms with Crippen molar-refractivity contribution in [2.75, 3.05) is 13.7 Å². The number of nitrogens with zero attached hydrogens (tertiary/aromatic N) is 1. The van der Waals surface area contributed by atoms with E-state index in [0.717, 1.165) is 16.6 Å². The number of methoxy groups -OCH3 is 1. The molecule has 0 radical (unpaired) electrons. The van der Waals surface area contributed by atoms with Gasteiger partial charge < -0.3 is 14.0 Å². The molecule has 0 aliphatic carbocycles. The van der Waals surface area contributed by atoms with Gasteiger partial charge in [0, 0.05) is 18.3 Å². The Kier molecular flexibility index (Phi) is 6.08. The van der Waals surface area contributed by atoms with Gasteiger partial charge >= 0.3 is 0 Å². The summed E-state index contributed by atoms with van der Waals surface area (Å²) in [5, 5.41) is 0.461. The first-order chi connectivity index (χ1) is 15.5. The van der Waals surface area contributed by atoms with E-state index in [9.17, 15) is 9.59 Å². The molecule has 0 unspecified atom stereocenters. The zero-order chi connectivity index (χ0) is 22.7. The Balaban J connectivity index is 1.88. The van der Waals surface area contributed by atoms with Crippen molar-refractivity contribution in [3.05, 3.63) is 105 Å². The topological polar surface area (TPSA) is 57.5 Å². The molecule has 0 atom stereocenters. The number of carbonyl (C=O) groups excluding carboxylic acids is 1. The van der Waals surface area contributed by atoms with Gasteiger partial charge in [-0.05, 0) is 61.9 Å². The Labute approximate surface area is 186 Å². The van der Waals surface area contributed by atoms with Crippen LogP contribution in [0, 0.1) is 6.92 Å². The molecule has 5 heteroatoms. The molecule has 162 valence electrons. The predicted octanol–water partition coefficient (Wildman–Crippen LogP) is 5.00. The van der Waals surface area contributed by atoms with Crippen LogP contribution >= 0.6 is 0 Å². The Bertz CT molecular complexity index is 1340. The van der Waals surface area contributed by atoms with Crippen LogP contribution in [0.3, 0.4) is 0 Å². The second kappa shape index (κ2) is 9.10. The maximum Gasteiger partial charge on any atom is 0.200 e. The van der Waals surface area contributed by atoms with Gasteiger partial charge in [0.1, 0.15) is 11.5 Å². The molecule has 32 heavy (non-hydrogen) atoms. The number of benzene rings is 3. The van der Waals surface area contributed by atoms with E-state index in [1.54, 1.807) is 43.6 Å². The fourth-order valence-corrected chi connectivity index (χ4v) is 3.83. The molecule has 0 bridgehead atoms. The van der Waals surface area contributed by atoms with E-state index in [0.29, 0.717) is 35.6 Å². The minimum absolute atomic E-state index is 0.129. The van der Waals surface area contributed by atoms with Gasteiger partial charge in [-0.1, -0.05) is 29.8 Å². The lowest BCUT2D eigenvalue weighted by Crippen LogP contribution is -2.20. The number of aryl methyl sites for hydroxylation is 1. The smallest absolute Gasteiger partial charge is 0.200 e. The number of ketones is 1. The van der Waals surface area contributed by atoms with E-state index >= 15 is 0 Å². The van der Waals surface area contributed by atoms with Gasteiger partial charge in [-0.2, -0.15) is 0 Å². The van der Waals surface area contributed by atoms with E-state index in [4.69, 9.17) is 9.47 Å². The van der Waals surface area contributed by atoms with Crippen molar-refractivity contribution in [2.45, 2.75) is 20.4 Å². The molecule has 0 aliphatic rings. The van der Waals surface area contributed by atoms with Gasteiger partial charge in [0.2, 0.25) is 5.43 Å². The van der Waals surface area contributed by atoms with Gasteiger partial charge in [0.05, 0.1) is 30.2 Å². The Morgan fingerprint density at radius 1 is 0.969 bits per heavy atom. The molecule has 0 amide bonds. The number of rotatable bonds is 7. The molecule has 0 N–H and O–H groups in total. The zero-order valence-corrected chi connectivity index (χ0v) is 18.4. The van der Waals surface area contributed by atoms with Crippen LogP contribution in [0.15, 0.2) is 77.7 Å². The molecule has 0 spiro atoms. The fourth-order valence-electron chi connectivity index (χ4n) is 3.83. The molecule has 5 nitrogen and oxygen atoms in total. The summed E-state index contributed by atoms with van der Waals surface area (Å²) in [6, 6.07) is 20.4. The van der Waals surface area contributed by atoms with Gasteiger partial charge in [0.15, 0.2) is 5.78 Å². The average molecular weight is 428 g/mol. The van der Waals surface area contributed by atoms with Crippen molar-refractivity contribution >= 4 is 16.7 Å². The van der Waals surface area contributed by atoms with Crippen LogP contribution in [0.5, 0.6) is 11.5 Å². The molecule has 3 aromatic carbocycles. The minimum Gasteiger partial charge on any atom is -0.497 e. The summed E-state index contributed by atoms with van der Waals surface area (Å²) < 4.78 is 12.7. The van der Waals surface area contributed by atoms with E-state index < -0.39 is 0 Å². The van der Waals surface area contributed by atoms with Gasteiger partial charge in [-0.3, -0.25) is 9.59 Å². The first kappa shape index (κ1) is 21.4. The lowest BCUT2D eigenvalue weighted by molar-refractivity contribution is 0.103. The van der Waals surface area contributed by atoms with Gasteiger partial charge in [-0.15, -0.1) is 0 Å². The largest absolute Gasteiger partial charge is 0.497 e. The van der Waals surface area contributed by atoms with E-state index in [-0.39, 0.29) is 16.8 Å². The molecule has 1 heterocycles. The number of aromatic nitrogens is 1. The number of hydrogen-bond donors (Lipinski definition) is 0. The molecule has 4 rings (SSSR count). The molecule has 0 fully saturated rings. The predicted molar refractivity (Wildman–Crippen MR) is 126 cm³/mol. The van der Waals surface area contributed by atoms with Crippen LogP contribution in [0.25, 0.3) is 10.9 Å². The first-order valence-electron chi connectivity index (χ1n) is 10.5. The van der Waals surface area contributed by atoms with E-state index in [1.807, 2.05) is 48.7 Å². The summed E-state index contributed by atoms with van der Waals surface area (Å²) in [5.41, 5.74) is 3.26. The van der Waals surface area contributed by atoms with Crippen LogP contribution in [0.4, 0.5) is 0 Å². The quantitative estimate of drug-likeness (QED) is 0.390. The molecule has 0 saturated heterocycles. The Morgan fingerprint density at radius 3 is 2.41 bits per heavy atom. The van der Waals surface area contributed by atoms with Gasteiger partial charge in [-0.25, -0.2) is 0 Å². The standard InChI is InChI=1S/C27H25NO4/c1-4-32-22-12-13-25-23(15-22)27(30)24(26(29)20-8-10-21(31-3)11-9-20)17-28(25)16-19-7-5-6-18(2)14-19/h5-15,17H,4,16H2,1-3H3. The number of hydrogen-bond acceptors (Lipinski definition) is 4. The molecule has 0 saturated carbocycles. The minimum atomic E-state index is -0.320. The fraction of sp³-hybridized carbons (Fsp3) is 0.185. The Morgan fingerprint density at radius 2 is 1.72 bits per heavy atom. The Hall–Kier alpha value is -3.86. The summed E-state index contributed by atoms with van der Waals surface area (Å²) in [6.45, 7) is 4.96. The van der Waals surface area contributed by atoms with Crippen molar-refractivity contribution < 1.29 is 14.3 Å². The average Bonchev–Trinajstić information content (AvgIpc) is 2.81. The van der Waals surface area contributed by atoms with Crippen molar-refractivity contribution in [3.8, 4) is 11.5 Å². The monoisotopic (exact) mass is 427 g/mol. The maximum absolute atomic E-state index is 13.4. The molecule has 1 aromatic heterocycles. The second-order valence-electron chi connectivity index (χ2n) is 7.66. The third kappa shape index (κ3) is 4.28. The SMILES string of the molecule is CCOc1ccc2c(c1)c(=O)c(C(=O)c1ccc(OC)cc1)cn2Cc1cccc(C)c1. The highest BCUT2D eigenvalue weighted by molar-refractivity contribution is 6.10.